The van der Waals surface area contributed by atoms with Gasteiger partial charge in [-0.25, -0.2) is 9.18 Å². The third-order valence-electron chi connectivity index (χ3n) is 6.17. The van der Waals surface area contributed by atoms with Crippen molar-refractivity contribution in [2.45, 2.75) is 51.7 Å². The average Bonchev–Trinajstić information content (AvgIpc) is 3.47. The molecule has 8 nitrogen and oxygen atoms in total. The molecule has 10 heteroatoms. The molecule has 0 bridgehead atoms. The number of hydrogen-bond donors (Lipinski definition) is 1. The Kier molecular flexibility index (Phi) is 8.06. The van der Waals surface area contributed by atoms with Crippen molar-refractivity contribution < 1.29 is 23.5 Å². The zero-order valence-electron chi connectivity index (χ0n) is 21.5. The van der Waals surface area contributed by atoms with Crippen molar-refractivity contribution in [3.05, 3.63) is 46.7 Å². The van der Waals surface area contributed by atoms with Crippen LogP contribution in [-0.2, 0) is 9.53 Å². The van der Waals surface area contributed by atoms with E-state index >= 15 is 0 Å². The van der Waals surface area contributed by atoms with E-state index in [1.807, 2.05) is 39.0 Å². The number of ether oxygens (including phenoxy) is 2. The first kappa shape index (κ1) is 26.9. The van der Waals surface area contributed by atoms with Crippen LogP contribution in [0.3, 0.4) is 0 Å². The molecular weight excluding hydrogens is 543 g/mol. The number of likely N-dealkylation sites (N-methyl/N-ethyl adjacent to an activating group) is 1. The Labute approximate surface area is 224 Å². The fourth-order valence-electron chi connectivity index (χ4n) is 4.39. The molecule has 2 heterocycles. The van der Waals surface area contributed by atoms with E-state index in [0.717, 1.165) is 21.8 Å². The fraction of sp³-hybridized carbons (Fsp3) is 0.444. The van der Waals surface area contributed by atoms with Crippen molar-refractivity contribution in [3.63, 3.8) is 0 Å². The van der Waals surface area contributed by atoms with E-state index in [0.29, 0.717) is 49.5 Å². The second kappa shape index (κ2) is 11.1. The van der Waals surface area contributed by atoms with Crippen molar-refractivity contribution >= 4 is 38.8 Å². The minimum absolute atomic E-state index is 0.114. The van der Waals surface area contributed by atoms with Gasteiger partial charge in [-0.3, -0.25) is 14.8 Å². The van der Waals surface area contributed by atoms with Gasteiger partial charge in [-0.1, -0.05) is 15.9 Å². The Hall–Kier alpha value is -3.14. The van der Waals surface area contributed by atoms with Gasteiger partial charge >= 0.3 is 6.09 Å². The minimum atomic E-state index is -0.614. The zero-order valence-corrected chi connectivity index (χ0v) is 23.1. The third-order valence-corrected chi connectivity index (χ3v) is 6.66. The van der Waals surface area contributed by atoms with E-state index in [-0.39, 0.29) is 5.91 Å². The lowest BCUT2D eigenvalue weighted by molar-refractivity contribution is -0.134. The molecule has 1 saturated heterocycles. The summed E-state index contributed by atoms with van der Waals surface area (Å²) in [7, 11) is 1.72. The van der Waals surface area contributed by atoms with E-state index in [1.165, 1.54) is 11.0 Å². The Bertz CT molecular complexity index is 1290. The Balaban J connectivity index is 1.29. The van der Waals surface area contributed by atoms with E-state index in [1.54, 1.807) is 24.1 Å². The van der Waals surface area contributed by atoms with Crippen molar-refractivity contribution in [2.24, 2.45) is 0 Å². The van der Waals surface area contributed by atoms with Gasteiger partial charge in [0, 0.05) is 41.6 Å². The maximum absolute atomic E-state index is 14.9. The Morgan fingerprint density at radius 3 is 2.76 bits per heavy atom. The van der Waals surface area contributed by atoms with Crippen LogP contribution in [0.15, 0.2) is 40.9 Å². The first-order valence-electron chi connectivity index (χ1n) is 12.3. The van der Waals surface area contributed by atoms with E-state index in [9.17, 15) is 14.0 Å². The number of carbonyl (C=O) groups excluding carboxylic acids is 2. The molecule has 3 aromatic rings. The van der Waals surface area contributed by atoms with Crippen LogP contribution in [0.1, 0.15) is 40.0 Å². The van der Waals surface area contributed by atoms with Crippen LogP contribution in [0.4, 0.5) is 9.18 Å². The van der Waals surface area contributed by atoms with Crippen LogP contribution in [-0.4, -0.2) is 70.4 Å². The van der Waals surface area contributed by atoms with Gasteiger partial charge in [0.1, 0.15) is 28.9 Å². The molecule has 1 atom stereocenters. The van der Waals surface area contributed by atoms with Gasteiger partial charge in [-0.2, -0.15) is 5.10 Å². The maximum Gasteiger partial charge on any atom is 0.410 e. The SMILES string of the molecule is CN(CCCOc1ccc(-c2n[nH]c3cc(Br)ccc23)c(F)c1)C(=O)C1CCCN1C(=O)OC(C)(C)C. The number of H-pyrrole nitrogens is 1. The Morgan fingerprint density at radius 1 is 1.24 bits per heavy atom. The predicted octanol–water partition coefficient (Wildman–Crippen LogP) is 5.76. The summed E-state index contributed by atoms with van der Waals surface area (Å²) in [4.78, 5) is 28.6. The number of nitrogens with one attached hydrogen (secondary N) is 1. The van der Waals surface area contributed by atoms with Gasteiger partial charge in [0.2, 0.25) is 5.91 Å². The zero-order chi connectivity index (χ0) is 26.7. The van der Waals surface area contributed by atoms with Crippen molar-refractivity contribution in [3.8, 4) is 17.0 Å². The number of aromatic amines is 1. The molecule has 1 fully saturated rings. The monoisotopic (exact) mass is 574 g/mol. The second-order valence-electron chi connectivity index (χ2n) is 10.2. The molecule has 0 aliphatic carbocycles. The second-order valence-corrected chi connectivity index (χ2v) is 11.1. The van der Waals surface area contributed by atoms with Crippen LogP contribution in [0.25, 0.3) is 22.2 Å². The molecule has 0 spiro atoms. The van der Waals surface area contributed by atoms with Gasteiger partial charge in [-0.05, 0) is 70.4 Å². The molecule has 1 aromatic heterocycles. The molecule has 0 radical (unpaired) electrons. The molecule has 2 aromatic carbocycles. The number of likely N-dealkylation sites (tertiary alicyclic amines) is 1. The summed E-state index contributed by atoms with van der Waals surface area (Å²) in [6.45, 7) is 6.70. The number of rotatable bonds is 7. The van der Waals surface area contributed by atoms with Gasteiger partial charge in [0.25, 0.3) is 0 Å². The largest absolute Gasteiger partial charge is 0.493 e. The van der Waals surface area contributed by atoms with Crippen LogP contribution in [0, 0.1) is 5.82 Å². The quantitative estimate of drug-likeness (QED) is 0.362. The summed E-state index contributed by atoms with van der Waals surface area (Å²) in [6, 6.07) is 9.87. The maximum atomic E-state index is 14.9. The van der Waals surface area contributed by atoms with Crippen LogP contribution < -0.4 is 4.74 Å². The number of aromatic nitrogens is 2. The molecule has 1 N–H and O–H groups in total. The molecule has 37 heavy (non-hydrogen) atoms. The predicted molar refractivity (Wildman–Crippen MR) is 143 cm³/mol. The van der Waals surface area contributed by atoms with Gasteiger partial charge in [-0.15, -0.1) is 0 Å². The Morgan fingerprint density at radius 2 is 2.03 bits per heavy atom. The van der Waals surface area contributed by atoms with Crippen molar-refractivity contribution in [2.75, 3.05) is 26.7 Å². The highest BCUT2D eigenvalue weighted by molar-refractivity contribution is 9.10. The third kappa shape index (κ3) is 6.41. The van der Waals surface area contributed by atoms with Gasteiger partial charge < -0.3 is 14.4 Å². The molecule has 1 unspecified atom stereocenters. The fourth-order valence-corrected chi connectivity index (χ4v) is 4.75. The van der Waals surface area contributed by atoms with Gasteiger partial charge in [0.15, 0.2) is 0 Å². The number of nitrogens with zero attached hydrogens (tertiary/aromatic N) is 3. The summed E-state index contributed by atoms with van der Waals surface area (Å²) in [5.41, 5.74) is 1.13. The molecule has 1 aliphatic heterocycles. The van der Waals surface area contributed by atoms with E-state index in [4.69, 9.17) is 9.47 Å². The minimum Gasteiger partial charge on any atom is -0.493 e. The molecule has 1 aliphatic rings. The van der Waals surface area contributed by atoms with Crippen LogP contribution in [0.5, 0.6) is 5.75 Å². The van der Waals surface area contributed by atoms with E-state index < -0.39 is 23.6 Å². The summed E-state index contributed by atoms with van der Waals surface area (Å²) in [6.07, 6.45) is 1.48. The highest BCUT2D eigenvalue weighted by Crippen LogP contribution is 2.31. The lowest BCUT2D eigenvalue weighted by atomic mass is 10.1. The molecule has 0 saturated carbocycles. The van der Waals surface area contributed by atoms with Crippen molar-refractivity contribution in [1.29, 1.82) is 0 Å². The number of hydrogen-bond acceptors (Lipinski definition) is 5. The first-order valence-corrected chi connectivity index (χ1v) is 13.1. The number of benzene rings is 2. The lowest BCUT2D eigenvalue weighted by Crippen LogP contribution is -2.48. The molecule has 198 valence electrons. The standard InChI is InChI=1S/C27H32BrFN4O4/c1-27(2,3)37-26(35)33-13-5-7-23(33)25(34)32(4)12-6-14-36-18-9-11-19(21(29)16-18)24-20-10-8-17(28)15-22(20)30-31-24/h8-11,15-16,23H,5-7,12-14H2,1-4H3,(H,30,31). The summed E-state index contributed by atoms with van der Waals surface area (Å²) >= 11 is 3.42. The molecule has 2 amide bonds. The molecule has 4 rings (SSSR count). The van der Waals surface area contributed by atoms with Gasteiger partial charge in [0.05, 0.1) is 12.1 Å². The topological polar surface area (TPSA) is 87.8 Å². The highest BCUT2D eigenvalue weighted by Gasteiger charge is 2.37. The first-order chi connectivity index (χ1) is 17.5. The molecular formula is C27H32BrFN4O4. The summed E-state index contributed by atoms with van der Waals surface area (Å²) in [5, 5.41) is 8.04. The summed E-state index contributed by atoms with van der Waals surface area (Å²) in [5.74, 6) is -0.133. The lowest BCUT2D eigenvalue weighted by Gasteiger charge is -2.30. The smallest absolute Gasteiger partial charge is 0.410 e. The number of amides is 2. The normalized spacial score (nSPS) is 15.7. The summed E-state index contributed by atoms with van der Waals surface area (Å²) < 4.78 is 27.0. The van der Waals surface area contributed by atoms with Crippen molar-refractivity contribution in [1.82, 2.24) is 20.0 Å². The van der Waals surface area contributed by atoms with E-state index in [2.05, 4.69) is 26.1 Å². The number of halogens is 2. The van der Waals surface area contributed by atoms with Crippen LogP contribution in [0.2, 0.25) is 0 Å². The number of fused-ring (bicyclic) bond motifs is 1. The highest BCUT2D eigenvalue weighted by atomic mass is 79.9. The average molecular weight is 575 g/mol. The van der Waals surface area contributed by atoms with Crippen LogP contribution >= 0.6 is 15.9 Å². The number of carbonyl (C=O) groups is 2.